The Kier molecular flexibility index (Phi) is 3.17. The number of carboxylic acids is 1. The zero-order chi connectivity index (χ0) is 11.5. The summed E-state index contributed by atoms with van der Waals surface area (Å²) in [6.07, 6.45) is -0.142. The SMILES string of the molecule is O=C(O)Cc1nsnc1-c1ccccc1Cl. The molecule has 4 nitrogen and oxygen atoms in total. The molecule has 0 aliphatic rings. The molecule has 0 unspecified atom stereocenters. The minimum absolute atomic E-state index is 0.142. The van der Waals surface area contributed by atoms with Crippen LogP contribution < -0.4 is 0 Å². The van der Waals surface area contributed by atoms with E-state index in [2.05, 4.69) is 8.75 Å². The summed E-state index contributed by atoms with van der Waals surface area (Å²) >= 11 is 7.00. The summed E-state index contributed by atoms with van der Waals surface area (Å²) in [5.74, 6) is -0.930. The fraction of sp³-hybridized carbons (Fsp3) is 0.100. The first-order chi connectivity index (χ1) is 7.68. The van der Waals surface area contributed by atoms with Crippen molar-refractivity contribution in [2.75, 3.05) is 0 Å². The molecule has 1 N–H and O–H groups in total. The highest BCUT2D eigenvalue weighted by Gasteiger charge is 2.15. The first-order valence-electron chi connectivity index (χ1n) is 4.46. The van der Waals surface area contributed by atoms with E-state index in [0.29, 0.717) is 22.0 Å². The molecule has 16 heavy (non-hydrogen) atoms. The van der Waals surface area contributed by atoms with Crippen molar-refractivity contribution >= 4 is 29.3 Å². The standard InChI is InChI=1S/C10H7ClN2O2S/c11-7-4-2-1-3-6(7)10-8(5-9(14)15)12-16-13-10/h1-4H,5H2,(H,14,15). The van der Waals surface area contributed by atoms with Gasteiger partial charge in [-0.2, -0.15) is 8.75 Å². The van der Waals surface area contributed by atoms with Gasteiger partial charge in [-0.25, -0.2) is 0 Å². The van der Waals surface area contributed by atoms with Gasteiger partial charge in [0.25, 0.3) is 0 Å². The molecule has 1 aromatic carbocycles. The van der Waals surface area contributed by atoms with Gasteiger partial charge >= 0.3 is 5.97 Å². The topological polar surface area (TPSA) is 63.1 Å². The summed E-state index contributed by atoms with van der Waals surface area (Å²) in [6.45, 7) is 0. The predicted octanol–water partition coefficient (Wildman–Crippen LogP) is 2.49. The molecule has 2 aromatic rings. The Morgan fingerprint density at radius 2 is 2.12 bits per heavy atom. The summed E-state index contributed by atoms with van der Waals surface area (Å²) in [4.78, 5) is 10.6. The molecular weight excluding hydrogens is 248 g/mol. The third-order valence-electron chi connectivity index (χ3n) is 2.00. The van der Waals surface area contributed by atoms with Gasteiger partial charge in [-0.3, -0.25) is 4.79 Å². The number of benzene rings is 1. The van der Waals surface area contributed by atoms with Gasteiger partial charge in [0.1, 0.15) is 5.69 Å². The first kappa shape index (κ1) is 11.0. The maximum absolute atomic E-state index is 10.6. The van der Waals surface area contributed by atoms with Crippen LogP contribution >= 0.6 is 23.3 Å². The number of hydrogen-bond donors (Lipinski definition) is 1. The van der Waals surface area contributed by atoms with Crippen LogP contribution in [0.1, 0.15) is 5.69 Å². The van der Waals surface area contributed by atoms with Gasteiger partial charge < -0.3 is 5.11 Å². The third-order valence-corrected chi connectivity index (χ3v) is 2.90. The zero-order valence-electron chi connectivity index (χ0n) is 8.05. The lowest BCUT2D eigenvalue weighted by Gasteiger charge is -2.01. The van der Waals surface area contributed by atoms with E-state index in [1.54, 1.807) is 12.1 Å². The van der Waals surface area contributed by atoms with Crippen LogP contribution in [0.25, 0.3) is 11.3 Å². The van der Waals surface area contributed by atoms with Crippen LogP contribution in [-0.2, 0) is 11.2 Å². The number of carboxylic acid groups (broad SMARTS) is 1. The summed E-state index contributed by atoms with van der Waals surface area (Å²) in [5.41, 5.74) is 1.72. The van der Waals surface area contributed by atoms with Crippen molar-refractivity contribution in [3.63, 3.8) is 0 Å². The Labute approximate surface area is 101 Å². The fourth-order valence-electron chi connectivity index (χ4n) is 1.32. The smallest absolute Gasteiger partial charge is 0.309 e. The molecule has 0 saturated heterocycles. The average molecular weight is 255 g/mol. The van der Waals surface area contributed by atoms with Gasteiger partial charge in [0.15, 0.2) is 0 Å². The van der Waals surface area contributed by atoms with E-state index in [9.17, 15) is 4.79 Å². The number of hydrogen-bond acceptors (Lipinski definition) is 4. The van der Waals surface area contributed by atoms with Crippen LogP contribution in [0.4, 0.5) is 0 Å². The van der Waals surface area contributed by atoms with Crippen LogP contribution in [0.3, 0.4) is 0 Å². The number of rotatable bonds is 3. The van der Waals surface area contributed by atoms with Crippen LogP contribution in [0.5, 0.6) is 0 Å². The minimum atomic E-state index is -0.930. The van der Waals surface area contributed by atoms with E-state index in [0.717, 1.165) is 11.7 Å². The van der Waals surface area contributed by atoms with Crippen molar-refractivity contribution in [3.8, 4) is 11.3 Å². The molecule has 0 saturated carbocycles. The summed E-state index contributed by atoms with van der Waals surface area (Å²) in [6, 6.07) is 7.17. The van der Waals surface area contributed by atoms with Crippen molar-refractivity contribution in [3.05, 3.63) is 35.0 Å². The second kappa shape index (κ2) is 4.59. The largest absolute Gasteiger partial charge is 0.481 e. The van der Waals surface area contributed by atoms with Gasteiger partial charge in [-0.15, -0.1) is 0 Å². The lowest BCUT2D eigenvalue weighted by Crippen LogP contribution is -2.01. The molecule has 82 valence electrons. The molecule has 0 amide bonds. The number of halogens is 1. The molecule has 0 radical (unpaired) electrons. The van der Waals surface area contributed by atoms with Crippen LogP contribution in [-0.4, -0.2) is 19.8 Å². The Hall–Kier alpha value is -1.46. The quantitative estimate of drug-likeness (QED) is 0.914. The molecule has 1 aromatic heterocycles. The average Bonchev–Trinajstić information content (AvgIpc) is 2.66. The Bertz CT molecular complexity index is 527. The van der Waals surface area contributed by atoms with Crippen LogP contribution in [0.15, 0.2) is 24.3 Å². The van der Waals surface area contributed by atoms with E-state index in [1.165, 1.54) is 0 Å². The normalized spacial score (nSPS) is 10.3. The first-order valence-corrected chi connectivity index (χ1v) is 5.57. The molecule has 6 heteroatoms. The summed E-state index contributed by atoms with van der Waals surface area (Å²) < 4.78 is 8.05. The molecule has 0 atom stereocenters. The molecule has 0 aliphatic heterocycles. The van der Waals surface area contributed by atoms with Gasteiger partial charge in [0.2, 0.25) is 0 Å². The highest BCUT2D eigenvalue weighted by Crippen LogP contribution is 2.28. The van der Waals surface area contributed by atoms with E-state index < -0.39 is 5.97 Å². The molecule has 0 bridgehead atoms. The van der Waals surface area contributed by atoms with E-state index in [4.69, 9.17) is 16.7 Å². The third kappa shape index (κ3) is 2.20. The van der Waals surface area contributed by atoms with Crippen molar-refractivity contribution in [1.29, 1.82) is 0 Å². The minimum Gasteiger partial charge on any atom is -0.481 e. The zero-order valence-corrected chi connectivity index (χ0v) is 9.63. The maximum Gasteiger partial charge on any atom is 0.309 e. The second-order valence-electron chi connectivity index (χ2n) is 3.11. The molecule has 2 rings (SSSR count). The van der Waals surface area contributed by atoms with Crippen molar-refractivity contribution < 1.29 is 9.90 Å². The predicted molar refractivity (Wildman–Crippen MR) is 61.7 cm³/mol. The number of carbonyl (C=O) groups is 1. The van der Waals surface area contributed by atoms with Gasteiger partial charge in [0, 0.05) is 5.56 Å². The molecule has 0 aliphatic carbocycles. The van der Waals surface area contributed by atoms with Crippen LogP contribution in [0, 0.1) is 0 Å². The van der Waals surface area contributed by atoms with Crippen LogP contribution in [0.2, 0.25) is 5.02 Å². The van der Waals surface area contributed by atoms with Gasteiger partial charge in [-0.1, -0.05) is 29.8 Å². The van der Waals surface area contributed by atoms with Crippen molar-refractivity contribution in [2.45, 2.75) is 6.42 Å². The molecule has 0 spiro atoms. The molecule has 1 heterocycles. The van der Waals surface area contributed by atoms with E-state index in [1.807, 2.05) is 12.1 Å². The Morgan fingerprint density at radius 1 is 1.38 bits per heavy atom. The lowest BCUT2D eigenvalue weighted by molar-refractivity contribution is -0.136. The Morgan fingerprint density at radius 3 is 2.81 bits per heavy atom. The second-order valence-corrected chi connectivity index (χ2v) is 4.05. The number of nitrogens with zero attached hydrogens (tertiary/aromatic N) is 2. The maximum atomic E-state index is 10.6. The van der Waals surface area contributed by atoms with E-state index in [-0.39, 0.29) is 6.42 Å². The monoisotopic (exact) mass is 254 g/mol. The van der Waals surface area contributed by atoms with Gasteiger partial charge in [-0.05, 0) is 6.07 Å². The fourth-order valence-corrected chi connectivity index (χ4v) is 2.12. The molecular formula is C10H7ClN2O2S. The highest BCUT2D eigenvalue weighted by atomic mass is 35.5. The highest BCUT2D eigenvalue weighted by molar-refractivity contribution is 6.99. The number of aliphatic carboxylic acids is 1. The summed E-state index contributed by atoms with van der Waals surface area (Å²) in [7, 11) is 0. The molecule has 0 fully saturated rings. The van der Waals surface area contributed by atoms with Crippen molar-refractivity contribution in [2.24, 2.45) is 0 Å². The van der Waals surface area contributed by atoms with E-state index >= 15 is 0 Å². The Balaban J connectivity index is 2.45. The summed E-state index contributed by atoms with van der Waals surface area (Å²) in [5, 5.41) is 9.27. The van der Waals surface area contributed by atoms with Gasteiger partial charge in [0.05, 0.1) is 28.9 Å². The lowest BCUT2D eigenvalue weighted by atomic mass is 10.1. The number of aromatic nitrogens is 2. The van der Waals surface area contributed by atoms with Crippen molar-refractivity contribution in [1.82, 2.24) is 8.75 Å².